The van der Waals surface area contributed by atoms with Crippen molar-refractivity contribution in [1.82, 2.24) is 25.1 Å². The quantitative estimate of drug-likeness (QED) is 0.243. The highest BCUT2D eigenvalue weighted by Gasteiger charge is 2.46. The van der Waals surface area contributed by atoms with E-state index < -0.39 is 36.4 Å². The largest absolute Gasteiger partial charge is 0.586 e. The number of rotatable bonds is 9. The van der Waals surface area contributed by atoms with E-state index in [9.17, 15) is 28.0 Å². The number of hydrogen-bond acceptors (Lipinski definition) is 10. The number of aromatic amines is 1. The summed E-state index contributed by atoms with van der Waals surface area (Å²) in [6.45, 7) is 12.6. The van der Waals surface area contributed by atoms with Gasteiger partial charge in [0.25, 0.3) is 0 Å². The number of alkyl carbamates (subject to hydrolysis) is 1. The van der Waals surface area contributed by atoms with Crippen LogP contribution in [-0.4, -0.2) is 95.0 Å². The lowest BCUT2D eigenvalue weighted by Crippen LogP contribution is -2.51. The van der Waals surface area contributed by atoms with Crippen LogP contribution >= 0.6 is 0 Å². The van der Waals surface area contributed by atoms with E-state index in [-0.39, 0.29) is 70.6 Å². The molecule has 6 atom stereocenters. The lowest BCUT2D eigenvalue weighted by molar-refractivity contribution is -0.286. The molecular formula is C43H50F2N6O8. The van der Waals surface area contributed by atoms with Gasteiger partial charge in [-0.2, -0.15) is 0 Å². The molecule has 4 aliphatic heterocycles. The van der Waals surface area contributed by atoms with Gasteiger partial charge in [0.05, 0.1) is 56.0 Å². The van der Waals surface area contributed by atoms with Crippen molar-refractivity contribution in [3.05, 3.63) is 52.7 Å². The van der Waals surface area contributed by atoms with E-state index in [1.165, 1.54) is 32.5 Å². The number of alkyl halides is 2. The van der Waals surface area contributed by atoms with Gasteiger partial charge in [-0.25, -0.2) is 9.78 Å². The minimum atomic E-state index is -3.94. The molecule has 6 rings (SSSR count). The second-order valence-electron chi connectivity index (χ2n) is 16.3. The monoisotopic (exact) mass is 816 g/mol. The Morgan fingerprint density at radius 1 is 0.898 bits per heavy atom. The van der Waals surface area contributed by atoms with E-state index in [1.54, 1.807) is 11.1 Å². The SMILES string of the molecule is COC(=O)C[C@H](C(=O)N1C[C@@H](C)C[C@H]1C1=NC=C(C#Cc2ccc(C#Cc3cnc([C@@H]4C[C@H](C)CN4C(=O)[C@@H](NC(=O)OC)C(C)C)[nH]3)c3c2OC(F)(F)O3)C1)C(C)C. The molecule has 5 heterocycles. The average molecular weight is 817 g/mol. The highest BCUT2D eigenvalue weighted by atomic mass is 19.3. The first-order valence-corrected chi connectivity index (χ1v) is 19.8. The standard InChI is InChI=1S/C43H50F2N6O8/c1-23(2)31(18-35(52)56-7)40(53)50-21-25(5)15-33(50)32-17-27(19-46-32)9-10-28-11-12-29(38-37(28)58-43(44,45)59-38)13-14-30-20-47-39(48-30)34-16-26(6)22-51(34)41(54)36(24(3)4)49-42(55)57-8/h11-12,19-20,23-26,31,33-34,36H,15-18,21-22H2,1-8H3,(H,47,48)(H,49,55)/t25-,26-,31-,33-,34-,36-/m0/s1. The van der Waals surface area contributed by atoms with Gasteiger partial charge in [-0.3, -0.25) is 19.4 Å². The Bertz CT molecular complexity index is 2180. The van der Waals surface area contributed by atoms with Crippen LogP contribution in [0.15, 0.2) is 35.1 Å². The number of aliphatic imine (C=N–C) groups is 1. The van der Waals surface area contributed by atoms with Crippen molar-refractivity contribution >= 4 is 29.6 Å². The molecule has 2 fully saturated rings. The van der Waals surface area contributed by atoms with E-state index in [2.05, 4.69) is 50.9 Å². The first kappa shape index (κ1) is 42.7. The first-order chi connectivity index (χ1) is 28.0. The van der Waals surface area contributed by atoms with Crippen molar-refractivity contribution in [2.24, 2.45) is 34.6 Å². The maximum absolute atomic E-state index is 14.6. The summed E-state index contributed by atoms with van der Waals surface area (Å²) in [4.78, 5) is 67.2. The molecule has 59 heavy (non-hydrogen) atoms. The van der Waals surface area contributed by atoms with Crippen molar-refractivity contribution in [3.63, 3.8) is 0 Å². The highest BCUT2D eigenvalue weighted by Crippen LogP contribution is 2.45. The number of H-pyrrole nitrogens is 1. The topological polar surface area (TPSA) is 165 Å². The Morgan fingerprint density at radius 2 is 1.51 bits per heavy atom. The third-order valence-electron chi connectivity index (χ3n) is 11.0. The van der Waals surface area contributed by atoms with Crippen LogP contribution in [0.25, 0.3) is 0 Å². The zero-order valence-corrected chi connectivity index (χ0v) is 34.5. The number of nitrogens with one attached hydrogen (secondary N) is 2. The van der Waals surface area contributed by atoms with Gasteiger partial charge in [0.2, 0.25) is 11.8 Å². The molecule has 2 saturated heterocycles. The van der Waals surface area contributed by atoms with Crippen LogP contribution in [0, 0.1) is 53.3 Å². The molecule has 0 saturated carbocycles. The van der Waals surface area contributed by atoms with Crippen LogP contribution in [-0.2, 0) is 23.9 Å². The fraction of sp³-hybridized carbons (Fsp3) is 0.535. The van der Waals surface area contributed by atoms with E-state index in [1.807, 2.05) is 39.5 Å². The zero-order chi connectivity index (χ0) is 42.8. The maximum Gasteiger partial charge on any atom is 0.586 e. The van der Waals surface area contributed by atoms with Crippen LogP contribution in [0.5, 0.6) is 11.5 Å². The van der Waals surface area contributed by atoms with Crippen LogP contribution in [0.1, 0.15) is 95.9 Å². The van der Waals surface area contributed by atoms with Crippen molar-refractivity contribution in [2.75, 3.05) is 27.3 Å². The van der Waals surface area contributed by atoms with Gasteiger partial charge in [-0.15, -0.1) is 8.78 Å². The normalized spacial score (nSPS) is 22.5. The maximum atomic E-state index is 14.6. The molecule has 314 valence electrons. The Balaban J connectivity index is 1.16. The third kappa shape index (κ3) is 9.54. The number of ether oxygens (including phenoxy) is 4. The van der Waals surface area contributed by atoms with Crippen molar-refractivity contribution in [2.45, 2.75) is 91.6 Å². The van der Waals surface area contributed by atoms with E-state index in [4.69, 9.17) is 18.9 Å². The molecule has 0 bridgehead atoms. The Labute approximate surface area is 342 Å². The minimum Gasteiger partial charge on any atom is -0.469 e. The van der Waals surface area contributed by atoms with Crippen LogP contribution in [0.2, 0.25) is 0 Å². The number of aromatic nitrogens is 2. The van der Waals surface area contributed by atoms with Gasteiger partial charge in [0.15, 0.2) is 11.5 Å². The first-order valence-electron chi connectivity index (χ1n) is 19.8. The Morgan fingerprint density at radius 3 is 2.10 bits per heavy atom. The molecule has 1 aromatic heterocycles. The number of carbonyl (C=O) groups excluding carboxylic acids is 4. The number of esters is 1. The van der Waals surface area contributed by atoms with Crippen molar-refractivity contribution in [1.29, 1.82) is 0 Å². The van der Waals surface area contributed by atoms with Crippen molar-refractivity contribution in [3.8, 4) is 35.2 Å². The summed E-state index contributed by atoms with van der Waals surface area (Å²) < 4.78 is 48.5. The zero-order valence-electron chi connectivity index (χ0n) is 34.5. The smallest absolute Gasteiger partial charge is 0.469 e. The predicted molar refractivity (Wildman–Crippen MR) is 211 cm³/mol. The molecule has 2 aromatic rings. The molecule has 2 N–H and O–H groups in total. The molecule has 1 aromatic carbocycles. The molecule has 0 spiro atoms. The van der Waals surface area contributed by atoms with Gasteiger partial charge in [0.1, 0.15) is 17.6 Å². The minimum absolute atomic E-state index is 0.00335. The fourth-order valence-corrected chi connectivity index (χ4v) is 7.92. The van der Waals surface area contributed by atoms with E-state index in [0.717, 1.165) is 5.71 Å². The number of methoxy groups -OCH3 is 2. The molecule has 3 amide bonds. The van der Waals surface area contributed by atoms with Gasteiger partial charge >= 0.3 is 18.4 Å². The van der Waals surface area contributed by atoms with Gasteiger partial charge in [-0.1, -0.05) is 59.3 Å². The van der Waals surface area contributed by atoms with Gasteiger partial charge < -0.3 is 39.0 Å². The lowest BCUT2D eigenvalue weighted by atomic mass is 9.90. The summed E-state index contributed by atoms with van der Waals surface area (Å²) >= 11 is 0. The molecular weight excluding hydrogens is 767 g/mol. The second-order valence-corrected chi connectivity index (χ2v) is 16.3. The van der Waals surface area contributed by atoms with Crippen molar-refractivity contribution < 1.29 is 46.9 Å². The fourth-order valence-electron chi connectivity index (χ4n) is 7.92. The average Bonchev–Trinajstić information content (AvgIpc) is 4.03. The number of amides is 3. The molecule has 0 radical (unpaired) electrons. The second kappa shape index (κ2) is 17.5. The third-order valence-corrected chi connectivity index (χ3v) is 11.0. The summed E-state index contributed by atoms with van der Waals surface area (Å²) in [5, 5.41) is 2.64. The number of nitrogens with zero attached hydrogens (tertiary/aromatic N) is 4. The number of benzene rings is 1. The van der Waals surface area contributed by atoms with E-state index in [0.29, 0.717) is 49.4 Å². The highest BCUT2D eigenvalue weighted by molar-refractivity contribution is 5.98. The molecule has 0 unspecified atom stereocenters. The van der Waals surface area contributed by atoms with Crippen LogP contribution in [0.4, 0.5) is 13.6 Å². The van der Waals surface area contributed by atoms with Gasteiger partial charge in [-0.05, 0) is 54.6 Å². The van der Waals surface area contributed by atoms with E-state index >= 15 is 0 Å². The number of carbonyl (C=O) groups is 4. The van der Waals surface area contributed by atoms with Crippen LogP contribution < -0.4 is 14.8 Å². The lowest BCUT2D eigenvalue weighted by Gasteiger charge is -2.30. The number of imidazole rings is 1. The molecule has 16 heteroatoms. The Hall–Kier alpha value is -5.90. The summed E-state index contributed by atoms with van der Waals surface area (Å²) in [5.74, 6) is 10.5. The predicted octanol–water partition coefficient (Wildman–Crippen LogP) is 5.57. The number of halogens is 2. The number of fused-ring (bicyclic) bond motifs is 1. The summed E-state index contributed by atoms with van der Waals surface area (Å²) in [6, 6.07) is 1.59. The summed E-state index contributed by atoms with van der Waals surface area (Å²) in [5.41, 5.74) is 2.09. The molecule has 14 nitrogen and oxygen atoms in total. The molecule has 4 aliphatic rings. The number of likely N-dealkylation sites (tertiary alicyclic amines) is 2. The molecule has 0 aliphatic carbocycles. The Kier molecular flexibility index (Phi) is 12.7. The van der Waals surface area contributed by atoms with Crippen LogP contribution in [0.3, 0.4) is 0 Å². The van der Waals surface area contributed by atoms with Gasteiger partial charge in [0, 0.05) is 37.0 Å². The number of allylic oxidation sites excluding steroid dienone is 1. The summed E-state index contributed by atoms with van der Waals surface area (Å²) in [6.07, 6.45) is 0.200. The number of hydrogen-bond donors (Lipinski definition) is 2. The summed E-state index contributed by atoms with van der Waals surface area (Å²) in [7, 11) is 2.55.